The van der Waals surface area contributed by atoms with Crippen molar-refractivity contribution in [2.75, 3.05) is 14.2 Å². The van der Waals surface area contributed by atoms with E-state index in [2.05, 4.69) is 25.8 Å². The molecule has 21 heavy (non-hydrogen) atoms. The highest BCUT2D eigenvalue weighted by Crippen LogP contribution is 2.22. The maximum Gasteiger partial charge on any atom is 0.328 e. The molecule has 1 aromatic carbocycles. The largest absolute Gasteiger partial charge is 0.496 e. The lowest BCUT2D eigenvalue weighted by Gasteiger charge is -2.24. The molecule has 1 aromatic rings. The van der Waals surface area contributed by atoms with Gasteiger partial charge in [0.2, 0.25) is 0 Å². The molecular weight excluding hydrogens is 266 g/mol. The van der Waals surface area contributed by atoms with Gasteiger partial charge in [0.05, 0.1) is 7.11 Å². The number of hydrogen-bond acceptors (Lipinski definition) is 3. The van der Waals surface area contributed by atoms with Crippen molar-refractivity contribution in [3.63, 3.8) is 0 Å². The molecule has 0 heterocycles. The first-order valence-corrected chi connectivity index (χ1v) is 7.26. The number of benzene rings is 1. The molecule has 0 amide bonds. The van der Waals surface area contributed by atoms with E-state index >= 15 is 0 Å². The van der Waals surface area contributed by atoms with E-state index in [1.54, 1.807) is 13.2 Å². The first-order chi connectivity index (χ1) is 9.97. The number of hydrogen-bond donors (Lipinski definition) is 1. The van der Waals surface area contributed by atoms with Crippen LogP contribution in [-0.4, -0.2) is 36.2 Å². The predicted octanol–water partition coefficient (Wildman–Crippen LogP) is 3.41. The highest BCUT2D eigenvalue weighted by atomic mass is 16.5. The Morgan fingerprint density at radius 2 is 2.19 bits per heavy atom. The molecule has 4 heteroatoms. The monoisotopic (exact) mass is 291 g/mol. The van der Waals surface area contributed by atoms with Crippen molar-refractivity contribution in [1.82, 2.24) is 4.90 Å². The quantitative estimate of drug-likeness (QED) is 0.746. The molecule has 1 unspecified atom stereocenters. The summed E-state index contributed by atoms with van der Waals surface area (Å²) in [5.41, 5.74) is 1.93. The summed E-state index contributed by atoms with van der Waals surface area (Å²) < 4.78 is 5.27. The van der Waals surface area contributed by atoms with Gasteiger partial charge in [0.15, 0.2) is 0 Å². The molecule has 1 atom stereocenters. The van der Waals surface area contributed by atoms with Gasteiger partial charge in [-0.1, -0.05) is 19.4 Å². The molecule has 0 fully saturated rings. The van der Waals surface area contributed by atoms with Crippen LogP contribution in [-0.2, 0) is 11.3 Å². The van der Waals surface area contributed by atoms with Crippen molar-refractivity contribution < 1.29 is 14.6 Å². The number of carboxylic acid groups (broad SMARTS) is 1. The van der Waals surface area contributed by atoms with Crippen LogP contribution in [0.2, 0.25) is 0 Å². The van der Waals surface area contributed by atoms with Gasteiger partial charge in [-0.25, -0.2) is 4.79 Å². The zero-order valence-corrected chi connectivity index (χ0v) is 13.3. The summed E-state index contributed by atoms with van der Waals surface area (Å²) in [4.78, 5) is 13.0. The third-order valence-corrected chi connectivity index (χ3v) is 3.59. The summed E-state index contributed by atoms with van der Waals surface area (Å²) in [6, 6.07) is 6.41. The fourth-order valence-corrected chi connectivity index (χ4v) is 2.26. The summed E-state index contributed by atoms with van der Waals surface area (Å²) in [6.45, 7) is 5.24. The van der Waals surface area contributed by atoms with Crippen molar-refractivity contribution in [3.05, 3.63) is 35.4 Å². The van der Waals surface area contributed by atoms with Crippen LogP contribution in [0.15, 0.2) is 24.3 Å². The van der Waals surface area contributed by atoms with Gasteiger partial charge in [-0.05, 0) is 44.2 Å². The summed E-state index contributed by atoms with van der Waals surface area (Å²) in [6.07, 6.45) is 5.03. The number of ether oxygens (including phenoxy) is 1. The average Bonchev–Trinajstić information content (AvgIpc) is 2.45. The van der Waals surface area contributed by atoms with Gasteiger partial charge in [-0.2, -0.15) is 0 Å². The Kier molecular flexibility index (Phi) is 6.96. The van der Waals surface area contributed by atoms with Crippen LogP contribution in [0.5, 0.6) is 5.75 Å². The van der Waals surface area contributed by atoms with Crippen LogP contribution in [0.1, 0.15) is 37.8 Å². The number of carbonyl (C=O) groups is 1. The first kappa shape index (κ1) is 17.2. The molecule has 1 rings (SSSR count). The highest BCUT2D eigenvalue weighted by molar-refractivity contribution is 5.85. The van der Waals surface area contributed by atoms with Gasteiger partial charge in [-0.15, -0.1) is 0 Å². The van der Waals surface area contributed by atoms with Crippen molar-refractivity contribution in [2.24, 2.45) is 0 Å². The van der Waals surface area contributed by atoms with Crippen molar-refractivity contribution in [2.45, 2.75) is 39.3 Å². The fourth-order valence-electron chi connectivity index (χ4n) is 2.26. The van der Waals surface area contributed by atoms with Crippen molar-refractivity contribution >= 4 is 12.0 Å². The second-order valence-electron chi connectivity index (χ2n) is 5.30. The second-order valence-corrected chi connectivity index (χ2v) is 5.30. The van der Waals surface area contributed by atoms with Gasteiger partial charge in [0, 0.05) is 24.2 Å². The second kappa shape index (κ2) is 8.47. The van der Waals surface area contributed by atoms with E-state index in [0.29, 0.717) is 11.8 Å². The van der Waals surface area contributed by atoms with E-state index in [0.717, 1.165) is 23.7 Å². The maximum absolute atomic E-state index is 10.7. The van der Waals surface area contributed by atoms with Gasteiger partial charge in [-0.3, -0.25) is 4.90 Å². The Morgan fingerprint density at radius 3 is 2.76 bits per heavy atom. The summed E-state index contributed by atoms with van der Waals surface area (Å²) in [5.74, 6) is -0.281. The molecule has 1 N–H and O–H groups in total. The van der Waals surface area contributed by atoms with Crippen LogP contribution in [0, 0.1) is 0 Å². The van der Waals surface area contributed by atoms with Crippen LogP contribution in [0.3, 0.4) is 0 Å². The lowest BCUT2D eigenvalue weighted by Crippen LogP contribution is -2.28. The molecule has 0 aromatic heterocycles. The Hall–Kier alpha value is -1.81. The zero-order valence-electron chi connectivity index (χ0n) is 13.3. The highest BCUT2D eigenvalue weighted by Gasteiger charge is 2.10. The molecule has 0 saturated carbocycles. The molecule has 0 bridgehead atoms. The van der Waals surface area contributed by atoms with E-state index in [-0.39, 0.29) is 0 Å². The number of rotatable bonds is 8. The Morgan fingerprint density at radius 1 is 1.48 bits per heavy atom. The summed E-state index contributed by atoms with van der Waals surface area (Å²) in [5, 5.41) is 8.75. The number of methoxy groups -OCH3 is 1. The molecule has 116 valence electrons. The van der Waals surface area contributed by atoms with Crippen LogP contribution >= 0.6 is 0 Å². The number of aliphatic carboxylic acids is 1. The summed E-state index contributed by atoms with van der Waals surface area (Å²) >= 11 is 0. The third kappa shape index (κ3) is 5.60. The van der Waals surface area contributed by atoms with Crippen LogP contribution in [0.25, 0.3) is 6.08 Å². The Labute approximate surface area is 127 Å². The van der Waals surface area contributed by atoms with Gasteiger partial charge >= 0.3 is 5.97 Å². The van der Waals surface area contributed by atoms with Crippen LogP contribution < -0.4 is 4.74 Å². The first-order valence-electron chi connectivity index (χ1n) is 7.26. The van der Waals surface area contributed by atoms with Crippen molar-refractivity contribution in [1.29, 1.82) is 0 Å². The molecule has 0 radical (unpaired) electrons. The fraction of sp³-hybridized carbons (Fsp3) is 0.471. The van der Waals surface area contributed by atoms with Gasteiger partial charge in [0.1, 0.15) is 5.75 Å². The topological polar surface area (TPSA) is 49.8 Å². The minimum Gasteiger partial charge on any atom is -0.496 e. The van der Waals surface area contributed by atoms with Crippen molar-refractivity contribution in [3.8, 4) is 5.75 Å². The van der Waals surface area contributed by atoms with Crippen LogP contribution in [0.4, 0.5) is 0 Å². The normalized spacial score (nSPS) is 12.8. The smallest absolute Gasteiger partial charge is 0.328 e. The zero-order chi connectivity index (χ0) is 15.8. The lowest BCUT2D eigenvalue weighted by atomic mass is 10.1. The van der Waals surface area contributed by atoms with E-state index < -0.39 is 5.97 Å². The molecule has 0 aliphatic rings. The van der Waals surface area contributed by atoms with Gasteiger partial charge in [0.25, 0.3) is 0 Å². The molecule has 4 nitrogen and oxygen atoms in total. The van der Waals surface area contributed by atoms with E-state index in [4.69, 9.17) is 9.84 Å². The minimum absolute atomic E-state index is 0.523. The molecule has 0 saturated heterocycles. The average molecular weight is 291 g/mol. The van der Waals surface area contributed by atoms with E-state index in [9.17, 15) is 4.79 Å². The Bertz CT molecular complexity index is 497. The third-order valence-electron chi connectivity index (χ3n) is 3.59. The lowest BCUT2D eigenvalue weighted by molar-refractivity contribution is -0.131. The molecule has 0 aliphatic heterocycles. The standard InChI is InChI=1S/C17H25NO3/c1-5-6-13(2)18(3)12-14-7-9-16(21-4)15(11-14)8-10-17(19)20/h7-11,13H,5-6,12H2,1-4H3,(H,19,20). The molecular formula is C17H25NO3. The predicted molar refractivity (Wildman–Crippen MR) is 85.5 cm³/mol. The molecule has 0 aliphatic carbocycles. The minimum atomic E-state index is -0.962. The number of carboxylic acids is 1. The maximum atomic E-state index is 10.7. The Balaban J connectivity index is 2.89. The van der Waals surface area contributed by atoms with Gasteiger partial charge < -0.3 is 9.84 Å². The SMILES string of the molecule is CCCC(C)N(C)Cc1ccc(OC)c(C=CC(=O)O)c1. The van der Waals surface area contributed by atoms with E-state index in [1.807, 2.05) is 18.2 Å². The molecule has 0 spiro atoms. The summed E-state index contributed by atoms with van der Waals surface area (Å²) in [7, 11) is 3.69. The number of nitrogens with zero attached hydrogens (tertiary/aromatic N) is 1. The van der Waals surface area contributed by atoms with E-state index in [1.165, 1.54) is 12.8 Å².